The van der Waals surface area contributed by atoms with Gasteiger partial charge in [-0.15, -0.1) is 11.6 Å². The molecule has 112 valence electrons. The fourth-order valence-electron chi connectivity index (χ4n) is 2.40. The largest absolute Gasteiger partial charge is 0.497 e. The molecule has 0 aliphatic carbocycles. The van der Waals surface area contributed by atoms with Gasteiger partial charge in [0.25, 0.3) is 0 Å². The Hall–Kier alpha value is -1.47. The number of ether oxygens (including phenoxy) is 1. The first-order chi connectivity index (χ1) is 10.1. The highest BCUT2D eigenvalue weighted by Gasteiger charge is 2.07. The molecule has 0 spiro atoms. The van der Waals surface area contributed by atoms with Crippen molar-refractivity contribution in [1.29, 1.82) is 0 Å². The predicted molar refractivity (Wildman–Crippen MR) is 90.6 cm³/mol. The van der Waals surface area contributed by atoms with Gasteiger partial charge in [-0.25, -0.2) is 0 Å². The van der Waals surface area contributed by atoms with Crippen LogP contribution < -0.4 is 4.74 Å². The van der Waals surface area contributed by atoms with E-state index >= 15 is 0 Å². The number of alkyl halides is 1. The molecule has 0 aromatic heterocycles. The van der Waals surface area contributed by atoms with Gasteiger partial charge >= 0.3 is 0 Å². The van der Waals surface area contributed by atoms with Crippen molar-refractivity contribution in [3.8, 4) is 5.75 Å². The first kappa shape index (κ1) is 15.9. The minimum Gasteiger partial charge on any atom is -0.497 e. The zero-order chi connectivity index (χ0) is 15.2. The fourth-order valence-corrected chi connectivity index (χ4v) is 2.69. The van der Waals surface area contributed by atoms with Crippen molar-refractivity contribution in [2.75, 3.05) is 7.11 Å². The van der Waals surface area contributed by atoms with Gasteiger partial charge in [-0.1, -0.05) is 30.3 Å². The molecule has 0 aliphatic heterocycles. The topological polar surface area (TPSA) is 9.23 Å². The molecule has 0 fully saturated rings. The number of benzene rings is 2. The van der Waals surface area contributed by atoms with E-state index in [1.807, 2.05) is 12.1 Å². The molecule has 0 N–H and O–H groups in total. The van der Waals surface area contributed by atoms with Gasteiger partial charge in [0.15, 0.2) is 0 Å². The summed E-state index contributed by atoms with van der Waals surface area (Å²) in [6, 6.07) is 14.8. The van der Waals surface area contributed by atoms with Gasteiger partial charge in [0.05, 0.1) is 7.11 Å². The maximum absolute atomic E-state index is 6.49. The minimum atomic E-state index is 0.175. The van der Waals surface area contributed by atoms with Crippen LogP contribution in [0.3, 0.4) is 0 Å². The third-order valence-corrected chi connectivity index (χ3v) is 4.31. The van der Waals surface area contributed by atoms with Crippen LogP contribution in [0.4, 0.5) is 0 Å². The maximum atomic E-state index is 6.49. The summed E-state index contributed by atoms with van der Waals surface area (Å²) in [5, 5.41) is 0.175. The molecule has 1 atom stereocenters. The first-order valence-corrected chi connectivity index (χ1v) is 7.85. The molecule has 0 radical (unpaired) electrons. The maximum Gasteiger partial charge on any atom is 0.118 e. The Kier molecular flexibility index (Phi) is 5.69. The van der Waals surface area contributed by atoms with Crippen LogP contribution in [0.15, 0.2) is 42.5 Å². The molecule has 2 aromatic carbocycles. The summed E-state index contributed by atoms with van der Waals surface area (Å²) in [6.45, 7) is 4.29. The van der Waals surface area contributed by atoms with Crippen molar-refractivity contribution in [3.63, 3.8) is 0 Å². The zero-order valence-corrected chi connectivity index (χ0v) is 13.8. The molecule has 0 saturated heterocycles. The second kappa shape index (κ2) is 7.51. The molecule has 1 unspecified atom stereocenters. The van der Waals surface area contributed by atoms with Crippen LogP contribution in [0.25, 0.3) is 0 Å². The molecule has 21 heavy (non-hydrogen) atoms. The minimum absolute atomic E-state index is 0.175. The number of rotatable bonds is 6. The van der Waals surface area contributed by atoms with Gasteiger partial charge in [-0.2, -0.15) is 0 Å². The first-order valence-electron chi connectivity index (χ1n) is 7.41. The van der Waals surface area contributed by atoms with Gasteiger partial charge in [0.1, 0.15) is 5.75 Å². The van der Waals surface area contributed by atoms with Gasteiger partial charge < -0.3 is 4.74 Å². The molecule has 0 amide bonds. The lowest BCUT2D eigenvalue weighted by molar-refractivity contribution is 0.414. The van der Waals surface area contributed by atoms with Gasteiger partial charge in [-0.3, -0.25) is 0 Å². The standard InChI is InChI=1S/C19H23ClO/c1-14-4-5-17(12-15(14)2)13-18(20)9-6-16-7-10-19(21-3)11-8-16/h4-5,7-8,10-12,18H,6,9,13H2,1-3H3. The lowest BCUT2D eigenvalue weighted by atomic mass is 10.00. The molecule has 2 aromatic rings. The Bertz CT molecular complexity index is 575. The monoisotopic (exact) mass is 302 g/mol. The van der Waals surface area contributed by atoms with E-state index in [0.29, 0.717) is 0 Å². The van der Waals surface area contributed by atoms with Crippen LogP contribution >= 0.6 is 11.6 Å². The predicted octanol–water partition coefficient (Wildman–Crippen LogP) is 5.09. The summed E-state index contributed by atoms with van der Waals surface area (Å²) >= 11 is 6.49. The Morgan fingerprint density at radius 3 is 2.24 bits per heavy atom. The average Bonchev–Trinajstić information content (AvgIpc) is 2.49. The summed E-state index contributed by atoms with van der Waals surface area (Å²) in [5.41, 5.74) is 5.31. The molecule has 0 bridgehead atoms. The summed E-state index contributed by atoms with van der Waals surface area (Å²) in [7, 11) is 1.69. The number of halogens is 1. The van der Waals surface area contributed by atoms with Crippen LogP contribution in [-0.2, 0) is 12.8 Å². The van der Waals surface area contributed by atoms with Crippen LogP contribution in [-0.4, -0.2) is 12.5 Å². The molecule has 0 saturated carbocycles. The number of aryl methyl sites for hydroxylation is 3. The Morgan fingerprint density at radius 1 is 0.952 bits per heavy atom. The molecular weight excluding hydrogens is 280 g/mol. The van der Waals surface area contributed by atoms with E-state index < -0.39 is 0 Å². The van der Waals surface area contributed by atoms with Crippen LogP contribution in [0.5, 0.6) is 5.75 Å². The molecule has 0 heterocycles. The van der Waals surface area contributed by atoms with Crippen LogP contribution in [0, 0.1) is 13.8 Å². The van der Waals surface area contributed by atoms with E-state index in [1.165, 1.54) is 22.3 Å². The van der Waals surface area contributed by atoms with E-state index in [4.69, 9.17) is 16.3 Å². The fraction of sp³-hybridized carbons (Fsp3) is 0.368. The van der Waals surface area contributed by atoms with Gasteiger partial charge in [0, 0.05) is 5.38 Å². The normalized spacial score (nSPS) is 12.2. The van der Waals surface area contributed by atoms with Crippen LogP contribution in [0.1, 0.15) is 28.7 Å². The van der Waals surface area contributed by atoms with E-state index in [2.05, 4.69) is 44.2 Å². The molecule has 0 aliphatic rings. The lowest BCUT2D eigenvalue weighted by Crippen LogP contribution is -2.05. The van der Waals surface area contributed by atoms with Gasteiger partial charge in [0.2, 0.25) is 0 Å². The summed E-state index contributed by atoms with van der Waals surface area (Å²) in [4.78, 5) is 0. The third kappa shape index (κ3) is 4.78. The van der Waals surface area contributed by atoms with Crippen LogP contribution in [0.2, 0.25) is 0 Å². The van der Waals surface area contributed by atoms with Crippen molar-refractivity contribution in [3.05, 3.63) is 64.7 Å². The second-order valence-electron chi connectivity index (χ2n) is 5.61. The third-order valence-electron chi connectivity index (χ3n) is 3.93. The SMILES string of the molecule is COc1ccc(CCC(Cl)Cc2ccc(C)c(C)c2)cc1. The quantitative estimate of drug-likeness (QED) is 0.675. The van der Waals surface area contributed by atoms with E-state index in [9.17, 15) is 0 Å². The van der Waals surface area contributed by atoms with Crippen molar-refractivity contribution >= 4 is 11.6 Å². The summed E-state index contributed by atoms with van der Waals surface area (Å²) in [6.07, 6.45) is 2.92. The Morgan fingerprint density at radius 2 is 1.62 bits per heavy atom. The Labute approximate surface area is 132 Å². The van der Waals surface area contributed by atoms with E-state index in [0.717, 1.165) is 25.0 Å². The smallest absolute Gasteiger partial charge is 0.118 e. The highest BCUT2D eigenvalue weighted by Crippen LogP contribution is 2.18. The second-order valence-corrected chi connectivity index (χ2v) is 6.22. The number of hydrogen-bond donors (Lipinski definition) is 0. The molecular formula is C19H23ClO. The number of hydrogen-bond acceptors (Lipinski definition) is 1. The average molecular weight is 303 g/mol. The van der Waals surface area contributed by atoms with Gasteiger partial charge in [-0.05, 0) is 67.5 Å². The van der Waals surface area contributed by atoms with E-state index in [-0.39, 0.29) is 5.38 Å². The van der Waals surface area contributed by atoms with Crippen molar-refractivity contribution in [2.24, 2.45) is 0 Å². The lowest BCUT2D eigenvalue weighted by Gasteiger charge is -2.11. The Balaban J connectivity index is 1.86. The number of methoxy groups -OCH3 is 1. The van der Waals surface area contributed by atoms with Crippen molar-refractivity contribution < 1.29 is 4.74 Å². The summed E-state index contributed by atoms with van der Waals surface area (Å²) < 4.78 is 5.17. The molecule has 2 heteroatoms. The summed E-state index contributed by atoms with van der Waals surface area (Å²) in [5.74, 6) is 0.899. The highest BCUT2D eigenvalue weighted by molar-refractivity contribution is 6.20. The van der Waals surface area contributed by atoms with Crippen molar-refractivity contribution in [1.82, 2.24) is 0 Å². The molecule has 1 nitrogen and oxygen atoms in total. The van der Waals surface area contributed by atoms with Crippen molar-refractivity contribution in [2.45, 2.75) is 38.5 Å². The zero-order valence-electron chi connectivity index (χ0n) is 13.0. The highest BCUT2D eigenvalue weighted by atomic mass is 35.5. The molecule has 2 rings (SSSR count). The van der Waals surface area contributed by atoms with E-state index in [1.54, 1.807) is 7.11 Å².